The summed E-state index contributed by atoms with van der Waals surface area (Å²) < 4.78 is 0. The Hall–Kier alpha value is -2.29. The second-order valence-electron chi connectivity index (χ2n) is 15.0. The molecule has 0 spiro atoms. The minimum atomic E-state index is -3.61. The van der Waals surface area contributed by atoms with Crippen molar-refractivity contribution in [3.05, 3.63) is 0 Å². The summed E-state index contributed by atoms with van der Waals surface area (Å²) in [7, 11) is 0. The molecule has 1 atom stereocenters. The van der Waals surface area contributed by atoms with E-state index in [1.807, 2.05) is 0 Å². The Morgan fingerprint density at radius 1 is 0.373 bits per heavy atom. The third kappa shape index (κ3) is 20.5. The van der Waals surface area contributed by atoms with E-state index in [0.717, 1.165) is 51.4 Å². The molecule has 4 N–H and O–H groups in total. The van der Waals surface area contributed by atoms with Gasteiger partial charge in [-0.25, -0.2) is 4.79 Å². The van der Waals surface area contributed by atoms with Crippen LogP contribution in [0.25, 0.3) is 0 Å². The number of carboxylic acid groups (broad SMARTS) is 3. The summed E-state index contributed by atoms with van der Waals surface area (Å²) in [6.07, 6.45) is 30.1. The number of aliphatic carboxylic acids is 3. The molecule has 0 rings (SSSR count). The molecule has 0 radical (unpaired) electrons. The molecule has 0 saturated carbocycles. The molecule has 0 aromatic rings. The number of rotatable bonds is 39. The van der Waals surface area contributed by atoms with Gasteiger partial charge in [-0.2, -0.15) is 0 Å². The number of unbranched alkanes of at least 4 members (excludes halogenated alkanes) is 28. The molecule has 298 valence electrons. The molecule has 0 amide bonds. The summed E-state index contributed by atoms with van der Waals surface area (Å²) in [6, 6.07) is 0. The minimum absolute atomic E-state index is 0.223. The van der Waals surface area contributed by atoms with Crippen LogP contribution in [0.2, 0.25) is 0 Å². The van der Waals surface area contributed by atoms with Crippen molar-refractivity contribution in [1.82, 2.24) is 0 Å². The molecule has 0 bridgehead atoms. The lowest BCUT2D eigenvalue weighted by atomic mass is 9.62. The summed E-state index contributed by atoms with van der Waals surface area (Å²) >= 11 is 0. The number of hydrogen-bond acceptors (Lipinski definition) is 6. The molecule has 0 saturated heterocycles. The molecule has 9 heteroatoms. The number of carbonyl (C=O) groups excluding carboxylic acids is 2. The van der Waals surface area contributed by atoms with Crippen LogP contribution in [0.3, 0.4) is 0 Å². The number of carboxylic acids is 3. The highest BCUT2D eigenvalue weighted by atomic mass is 16.4. The Kier molecular flexibility index (Phi) is 29.9. The number of ketones is 2. The van der Waals surface area contributed by atoms with E-state index in [1.54, 1.807) is 0 Å². The van der Waals surface area contributed by atoms with E-state index in [1.165, 1.54) is 116 Å². The van der Waals surface area contributed by atoms with Gasteiger partial charge in [-0.3, -0.25) is 19.2 Å². The van der Waals surface area contributed by atoms with Gasteiger partial charge in [-0.15, -0.1) is 0 Å². The zero-order valence-corrected chi connectivity index (χ0v) is 32.7. The lowest BCUT2D eigenvalue weighted by Crippen LogP contribution is -2.66. The zero-order valence-electron chi connectivity index (χ0n) is 32.7. The summed E-state index contributed by atoms with van der Waals surface area (Å²) in [4.78, 5) is 63.7. The average molecular weight is 725 g/mol. The van der Waals surface area contributed by atoms with Crippen LogP contribution in [0.4, 0.5) is 0 Å². The van der Waals surface area contributed by atoms with Gasteiger partial charge in [0.2, 0.25) is 11.0 Å². The lowest BCUT2D eigenvalue weighted by molar-refractivity contribution is -0.196. The molecule has 1 unspecified atom stereocenters. The zero-order chi connectivity index (χ0) is 38.2. The van der Waals surface area contributed by atoms with Crippen LogP contribution in [0.15, 0.2) is 0 Å². The fraction of sp³-hybridized carbons (Fsp3) is 0.881. The molecular weight excluding hydrogens is 648 g/mol. The summed E-state index contributed by atoms with van der Waals surface area (Å²) in [6.45, 7) is 4.45. The van der Waals surface area contributed by atoms with Crippen molar-refractivity contribution in [3.63, 3.8) is 0 Å². The van der Waals surface area contributed by atoms with Gasteiger partial charge in [0.15, 0.2) is 11.6 Å². The van der Waals surface area contributed by atoms with Crippen molar-refractivity contribution >= 4 is 29.5 Å². The average Bonchev–Trinajstić information content (AvgIpc) is 3.07. The predicted octanol–water partition coefficient (Wildman–Crippen LogP) is 11.0. The first-order chi connectivity index (χ1) is 24.5. The Morgan fingerprint density at radius 2 is 0.608 bits per heavy atom. The van der Waals surface area contributed by atoms with Crippen molar-refractivity contribution in [2.75, 3.05) is 0 Å². The van der Waals surface area contributed by atoms with Crippen LogP contribution in [0, 0.1) is 5.41 Å². The minimum Gasteiger partial charge on any atom is -0.481 e. The van der Waals surface area contributed by atoms with E-state index in [9.17, 15) is 44.4 Å². The summed E-state index contributed by atoms with van der Waals surface area (Å²) in [5, 5.41) is 40.7. The molecular formula is C42H76O9. The molecule has 0 heterocycles. The molecule has 9 nitrogen and oxygen atoms in total. The number of carbonyl (C=O) groups is 5. The highest BCUT2D eigenvalue weighted by Crippen LogP contribution is 2.41. The molecule has 0 aliphatic heterocycles. The topological polar surface area (TPSA) is 166 Å². The van der Waals surface area contributed by atoms with Crippen molar-refractivity contribution in [1.29, 1.82) is 0 Å². The van der Waals surface area contributed by atoms with Crippen LogP contribution >= 0.6 is 0 Å². The molecule has 0 fully saturated rings. The first-order valence-electron chi connectivity index (χ1n) is 21.0. The van der Waals surface area contributed by atoms with Crippen LogP contribution in [-0.4, -0.2) is 55.5 Å². The van der Waals surface area contributed by atoms with Gasteiger partial charge < -0.3 is 20.4 Å². The Morgan fingerprint density at radius 3 is 0.804 bits per heavy atom. The first kappa shape index (κ1) is 48.7. The third-order valence-corrected chi connectivity index (χ3v) is 10.6. The quantitative estimate of drug-likeness (QED) is 0.0356. The Labute approximate surface area is 310 Å². The van der Waals surface area contributed by atoms with Gasteiger partial charge in [0.05, 0.1) is 6.42 Å². The second-order valence-corrected chi connectivity index (χ2v) is 15.0. The highest BCUT2D eigenvalue weighted by Gasteiger charge is 2.70. The largest absolute Gasteiger partial charge is 0.481 e. The maximum Gasteiger partial charge on any atom is 0.338 e. The van der Waals surface area contributed by atoms with Crippen LogP contribution in [0.5, 0.6) is 0 Å². The second kappa shape index (κ2) is 31.3. The molecule has 51 heavy (non-hydrogen) atoms. The summed E-state index contributed by atoms with van der Waals surface area (Å²) in [5.41, 5.74) is -6.99. The smallest absolute Gasteiger partial charge is 0.338 e. The molecule has 0 aliphatic rings. The van der Waals surface area contributed by atoms with Crippen molar-refractivity contribution in [2.24, 2.45) is 5.41 Å². The van der Waals surface area contributed by atoms with Gasteiger partial charge >= 0.3 is 17.9 Å². The maximum absolute atomic E-state index is 13.6. The Balaban J connectivity index is 4.82. The molecule has 0 aliphatic carbocycles. The lowest BCUT2D eigenvalue weighted by Gasteiger charge is -2.38. The van der Waals surface area contributed by atoms with E-state index < -0.39 is 59.8 Å². The van der Waals surface area contributed by atoms with E-state index in [4.69, 9.17) is 0 Å². The number of aliphatic hydroxyl groups is 1. The monoisotopic (exact) mass is 725 g/mol. The molecule has 0 aromatic heterocycles. The third-order valence-electron chi connectivity index (χ3n) is 10.6. The Bertz CT molecular complexity index is 901. The van der Waals surface area contributed by atoms with Crippen LogP contribution < -0.4 is 0 Å². The van der Waals surface area contributed by atoms with Gasteiger partial charge in [0.25, 0.3) is 0 Å². The van der Waals surface area contributed by atoms with Gasteiger partial charge in [0, 0.05) is 12.8 Å². The normalized spacial score (nSPS) is 12.8. The van der Waals surface area contributed by atoms with Gasteiger partial charge in [0.1, 0.15) is 0 Å². The molecule has 0 aromatic carbocycles. The van der Waals surface area contributed by atoms with Crippen molar-refractivity contribution in [3.8, 4) is 0 Å². The maximum atomic E-state index is 13.6. The van der Waals surface area contributed by atoms with E-state index in [0.29, 0.717) is 12.8 Å². The highest BCUT2D eigenvalue weighted by molar-refractivity contribution is 6.26. The van der Waals surface area contributed by atoms with Crippen LogP contribution in [-0.2, 0) is 24.0 Å². The number of hydrogen-bond donors (Lipinski definition) is 4. The first-order valence-corrected chi connectivity index (χ1v) is 21.0. The van der Waals surface area contributed by atoms with Crippen molar-refractivity contribution < 1.29 is 44.4 Å². The van der Waals surface area contributed by atoms with Crippen molar-refractivity contribution in [2.45, 2.75) is 231 Å². The van der Waals surface area contributed by atoms with E-state index >= 15 is 0 Å². The fourth-order valence-electron chi connectivity index (χ4n) is 7.31. The number of Topliss-reactive ketones (excluding diaryl/α,β-unsaturated/α-hetero) is 2. The fourth-order valence-corrected chi connectivity index (χ4v) is 7.31. The van der Waals surface area contributed by atoms with E-state index in [2.05, 4.69) is 13.8 Å². The summed E-state index contributed by atoms with van der Waals surface area (Å²) in [5.74, 6) is -8.60. The predicted molar refractivity (Wildman–Crippen MR) is 204 cm³/mol. The van der Waals surface area contributed by atoms with E-state index in [-0.39, 0.29) is 12.8 Å². The van der Waals surface area contributed by atoms with Gasteiger partial charge in [-0.05, 0) is 12.8 Å². The standard InChI is InChI=1S/C42H76O9/c1-3-5-7-9-11-13-15-17-19-21-23-25-27-29-31-33-36(43)42(40(49)50,41(51,39(47)48)35-38(45)46)37(44)34-32-30-28-26-24-22-20-18-16-14-12-10-8-6-4-2/h51H,3-35H2,1-2H3,(H,45,46)(H,47,48)(H,49,50). The SMILES string of the molecule is CCCCCCCCCCCCCCCCCC(=O)C(C(=O)O)(C(=O)CCCCCCCCCCCCCCCCC)C(O)(CC(=O)O)C(=O)O. The van der Waals surface area contributed by atoms with Gasteiger partial charge in [-0.1, -0.05) is 194 Å². The van der Waals surface area contributed by atoms with Crippen LogP contribution in [0.1, 0.15) is 226 Å².